The highest BCUT2D eigenvalue weighted by molar-refractivity contribution is 5.91. The summed E-state index contributed by atoms with van der Waals surface area (Å²) in [6, 6.07) is 7.90. The average molecular weight is 272 g/mol. The van der Waals surface area contributed by atoms with Crippen LogP contribution in [0.5, 0.6) is 5.75 Å². The number of carbonyl (C=O) groups is 1. The minimum Gasteiger partial charge on any atom is -0.490 e. The molecule has 2 saturated carbocycles. The predicted molar refractivity (Wildman–Crippen MR) is 77.7 cm³/mol. The van der Waals surface area contributed by atoms with Gasteiger partial charge in [0.15, 0.2) is 0 Å². The second-order valence-corrected chi connectivity index (χ2v) is 5.76. The first-order valence-corrected chi connectivity index (χ1v) is 7.44. The van der Waals surface area contributed by atoms with Gasteiger partial charge in [-0.3, -0.25) is 0 Å². The third kappa shape index (κ3) is 3.21. The first kappa shape index (κ1) is 13.2. The van der Waals surface area contributed by atoms with Crippen LogP contribution in [0.3, 0.4) is 0 Å². The van der Waals surface area contributed by atoms with Crippen LogP contribution in [0.25, 0.3) is 5.57 Å². The Bertz CT molecular complexity index is 506. The lowest BCUT2D eigenvalue weighted by Crippen LogP contribution is -2.10. The van der Waals surface area contributed by atoms with Gasteiger partial charge in [-0.05, 0) is 67.7 Å². The minimum absolute atomic E-state index is 0.360. The molecule has 3 heteroatoms. The van der Waals surface area contributed by atoms with E-state index in [1.54, 1.807) is 0 Å². The van der Waals surface area contributed by atoms with E-state index >= 15 is 0 Å². The molecule has 0 unspecified atom stereocenters. The number of allylic oxidation sites excluding steroid dienone is 1. The van der Waals surface area contributed by atoms with Gasteiger partial charge in [0.25, 0.3) is 0 Å². The molecule has 0 amide bonds. The maximum absolute atomic E-state index is 10.9. The molecule has 0 aromatic heterocycles. The van der Waals surface area contributed by atoms with E-state index < -0.39 is 5.97 Å². The van der Waals surface area contributed by atoms with Crippen molar-refractivity contribution in [2.75, 3.05) is 0 Å². The van der Waals surface area contributed by atoms with Crippen molar-refractivity contribution in [2.24, 2.45) is 5.92 Å². The second kappa shape index (κ2) is 5.70. The first-order chi connectivity index (χ1) is 9.72. The molecule has 1 aromatic carbocycles. The molecule has 2 fully saturated rings. The van der Waals surface area contributed by atoms with Gasteiger partial charge in [-0.25, -0.2) is 4.79 Å². The van der Waals surface area contributed by atoms with Gasteiger partial charge in [0.1, 0.15) is 5.75 Å². The number of carboxylic acids is 1. The number of rotatable bonds is 5. The first-order valence-electron chi connectivity index (χ1n) is 7.44. The highest BCUT2D eigenvalue weighted by atomic mass is 16.5. The number of ether oxygens (including phenoxy) is 1. The van der Waals surface area contributed by atoms with Crippen LogP contribution in [-0.2, 0) is 4.79 Å². The zero-order chi connectivity index (χ0) is 13.9. The summed E-state index contributed by atoms with van der Waals surface area (Å²) in [5.41, 5.74) is 1.96. The maximum atomic E-state index is 10.9. The molecule has 0 bridgehead atoms. The zero-order valence-electron chi connectivity index (χ0n) is 11.5. The zero-order valence-corrected chi connectivity index (χ0v) is 11.5. The Morgan fingerprint density at radius 1 is 1.10 bits per heavy atom. The molecular weight excluding hydrogens is 252 g/mol. The fourth-order valence-electron chi connectivity index (χ4n) is 2.89. The fraction of sp³-hybridized carbons (Fsp3) is 0.471. The number of benzene rings is 1. The summed E-state index contributed by atoms with van der Waals surface area (Å²) >= 11 is 0. The summed E-state index contributed by atoms with van der Waals surface area (Å²) < 4.78 is 5.93. The van der Waals surface area contributed by atoms with Crippen molar-refractivity contribution < 1.29 is 14.6 Å². The highest BCUT2D eigenvalue weighted by Crippen LogP contribution is 2.42. The van der Waals surface area contributed by atoms with Gasteiger partial charge >= 0.3 is 5.97 Å². The fourth-order valence-corrected chi connectivity index (χ4v) is 2.89. The molecule has 20 heavy (non-hydrogen) atoms. The number of aliphatic carboxylic acids is 1. The summed E-state index contributed by atoms with van der Waals surface area (Å²) in [7, 11) is 0. The van der Waals surface area contributed by atoms with Gasteiger partial charge in [-0.1, -0.05) is 12.1 Å². The van der Waals surface area contributed by atoms with E-state index in [1.165, 1.54) is 18.9 Å². The van der Waals surface area contributed by atoms with Crippen molar-refractivity contribution in [3.8, 4) is 5.75 Å². The second-order valence-electron chi connectivity index (χ2n) is 5.76. The van der Waals surface area contributed by atoms with E-state index in [0.717, 1.165) is 42.6 Å². The number of hydrogen-bond acceptors (Lipinski definition) is 2. The topological polar surface area (TPSA) is 46.5 Å². The summed E-state index contributed by atoms with van der Waals surface area (Å²) in [4.78, 5) is 10.9. The van der Waals surface area contributed by atoms with Crippen LogP contribution in [0.15, 0.2) is 30.3 Å². The minimum atomic E-state index is -0.863. The molecule has 0 saturated heterocycles. The van der Waals surface area contributed by atoms with Crippen LogP contribution in [0.2, 0.25) is 0 Å². The van der Waals surface area contributed by atoms with Crippen LogP contribution in [0, 0.1) is 5.92 Å². The third-order valence-corrected chi connectivity index (χ3v) is 4.09. The van der Waals surface area contributed by atoms with E-state index in [4.69, 9.17) is 9.84 Å². The Kier molecular flexibility index (Phi) is 3.77. The number of carboxylic acid groups (broad SMARTS) is 1. The lowest BCUT2D eigenvalue weighted by Gasteiger charge is -2.13. The van der Waals surface area contributed by atoms with Gasteiger partial charge < -0.3 is 9.84 Å². The SMILES string of the molecule is O=C(O)/C=C(/c1ccc(OC2CCCC2)cc1)C1CC1. The summed E-state index contributed by atoms with van der Waals surface area (Å²) in [6.45, 7) is 0. The van der Waals surface area contributed by atoms with Gasteiger partial charge in [0.2, 0.25) is 0 Å². The van der Waals surface area contributed by atoms with Gasteiger partial charge in [-0.15, -0.1) is 0 Å². The van der Waals surface area contributed by atoms with E-state index in [0.29, 0.717) is 12.0 Å². The van der Waals surface area contributed by atoms with E-state index in [9.17, 15) is 4.79 Å². The van der Waals surface area contributed by atoms with Crippen molar-refractivity contribution in [1.29, 1.82) is 0 Å². The van der Waals surface area contributed by atoms with Crippen LogP contribution < -0.4 is 4.74 Å². The smallest absolute Gasteiger partial charge is 0.328 e. The van der Waals surface area contributed by atoms with Crippen LogP contribution >= 0.6 is 0 Å². The van der Waals surface area contributed by atoms with E-state index in [1.807, 2.05) is 24.3 Å². The molecule has 106 valence electrons. The maximum Gasteiger partial charge on any atom is 0.328 e. The summed E-state index contributed by atoms with van der Waals surface area (Å²) in [5, 5.41) is 8.97. The lowest BCUT2D eigenvalue weighted by molar-refractivity contribution is -0.131. The molecule has 1 aromatic rings. The molecule has 3 nitrogen and oxygen atoms in total. The van der Waals surface area contributed by atoms with Crippen molar-refractivity contribution in [3.05, 3.63) is 35.9 Å². The standard InChI is InChI=1S/C17H20O3/c18-17(19)11-16(12-5-6-12)13-7-9-15(10-8-13)20-14-3-1-2-4-14/h7-12,14H,1-6H2,(H,18,19)/b16-11+. The van der Waals surface area contributed by atoms with Crippen LogP contribution in [0.4, 0.5) is 0 Å². The van der Waals surface area contributed by atoms with Gasteiger partial charge in [0.05, 0.1) is 6.10 Å². The van der Waals surface area contributed by atoms with Gasteiger partial charge in [-0.2, -0.15) is 0 Å². The summed E-state index contributed by atoms with van der Waals surface area (Å²) in [6.07, 6.45) is 8.72. The number of hydrogen-bond donors (Lipinski definition) is 1. The molecule has 0 spiro atoms. The highest BCUT2D eigenvalue weighted by Gasteiger charge is 2.27. The molecule has 0 atom stereocenters. The molecule has 2 aliphatic rings. The van der Waals surface area contributed by atoms with E-state index in [-0.39, 0.29) is 0 Å². The van der Waals surface area contributed by atoms with Crippen molar-refractivity contribution in [1.82, 2.24) is 0 Å². The largest absolute Gasteiger partial charge is 0.490 e. The molecule has 0 aliphatic heterocycles. The Labute approximate surface area is 119 Å². The van der Waals surface area contributed by atoms with Crippen molar-refractivity contribution in [2.45, 2.75) is 44.6 Å². The molecular formula is C17H20O3. The Morgan fingerprint density at radius 2 is 1.75 bits per heavy atom. The van der Waals surface area contributed by atoms with E-state index in [2.05, 4.69) is 0 Å². The Hall–Kier alpha value is -1.77. The average Bonchev–Trinajstić information content (AvgIpc) is 3.15. The van der Waals surface area contributed by atoms with Crippen LogP contribution in [0.1, 0.15) is 44.1 Å². The molecule has 1 N–H and O–H groups in total. The molecule has 0 radical (unpaired) electrons. The molecule has 3 rings (SSSR count). The Balaban J connectivity index is 1.72. The quantitative estimate of drug-likeness (QED) is 0.827. The molecule has 2 aliphatic carbocycles. The Morgan fingerprint density at radius 3 is 2.30 bits per heavy atom. The van der Waals surface area contributed by atoms with Crippen molar-refractivity contribution >= 4 is 11.5 Å². The predicted octanol–water partition coefficient (Wildman–Crippen LogP) is 3.89. The van der Waals surface area contributed by atoms with Gasteiger partial charge in [0, 0.05) is 6.08 Å². The third-order valence-electron chi connectivity index (χ3n) is 4.09. The monoisotopic (exact) mass is 272 g/mol. The summed E-state index contributed by atoms with van der Waals surface area (Å²) in [5.74, 6) is 0.456. The normalized spacial score (nSPS) is 20.1. The van der Waals surface area contributed by atoms with Crippen molar-refractivity contribution in [3.63, 3.8) is 0 Å². The molecule has 0 heterocycles. The lowest BCUT2D eigenvalue weighted by atomic mass is 10.0. The van der Waals surface area contributed by atoms with Crippen LogP contribution in [-0.4, -0.2) is 17.2 Å².